The molecule has 96 valence electrons. The summed E-state index contributed by atoms with van der Waals surface area (Å²) in [6, 6.07) is 11.0. The Morgan fingerprint density at radius 1 is 1.26 bits per heavy atom. The molecule has 0 saturated carbocycles. The molecule has 0 aliphatic rings. The Kier molecular flexibility index (Phi) is 3.79. The van der Waals surface area contributed by atoms with Crippen molar-refractivity contribution in [3.8, 4) is 17.6 Å². The van der Waals surface area contributed by atoms with Gasteiger partial charge in [0.05, 0.1) is 18.2 Å². The zero-order valence-corrected chi connectivity index (χ0v) is 10.4. The summed E-state index contributed by atoms with van der Waals surface area (Å²) in [6.07, 6.45) is 0. The smallest absolute Gasteiger partial charge is 0.167 e. The van der Waals surface area contributed by atoms with Crippen LogP contribution in [0.25, 0.3) is 0 Å². The average Bonchev–Trinajstić information content (AvgIpc) is 2.41. The Hall–Kier alpha value is -2.38. The highest BCUT2D eigenvalue weighted by Crippen LogP contribution is 2.26. The largest absolute Gasteiger partial charge is 0.454 e. The maximum Gasteiger partial charge on any atom is 0.167 e. The van der Waals surface area contributed by atoms with Gasteiger partial charge < -0.3 is 9.84 Å². The molecular formula is C15H12FNO2. The molecule has 0 heterocycles. The minimum atomic E-state index is -0.581. The van der Waals surface area contributed by atoms with E-state index in [9.17, 15) is 4.39 Å². The highest BCUT2D eigenvalue weighted by Gasteiger charge is 2.07. The van der Waals surface area contributed by atoms with Crippen molar-refractivity contribution < 1.29 is 14.2 Å². The van der Waals surface area contributed by atoms with E-state index in [0.29, 0.717) is 5.75 Å². The predicted molar refractivity (Wildman–Crippen MR) is 68.3 cm³/mol. The van der Waals surface area contributed by atoms with Crippen LogP contribution in [0.1, 0.15) is 16.7 Å². The molecule has 0 saturated heterocycles. The maximum atomic E-state index is 13.7. The number of nitriles is 1. The molecule has 3 nitrogen and oxygen atoms in total. The van der Waals surface area contributed by atoms with Crippen LogP contribution in [0.3, 0.4) is 0 Å². The van der Waals surface area contributed by atoms with Gasteiger partial charge in [0.2, 0.25) is 0 Å². The van der Waals surface area contributed by atoms with Gasteiger partial charge in [-0.15, -0.1) is 0 Å². The third kappa shape index (κ3) is 2.90. The summed E-state index contributed by atoms with van der Waals surface area (Å²) in [5.41, 5.74) is 1.92. The van der Waals surface area contributed by atoms with Crippen LogP contribution in [0.5, 0.6) is 11.5 Å². The lowest BCUT2D eigenvalue weighted by Gasteiger charge is -2.09. The first kappa shape index (κ1) is 13.1. The molecule has 19 heavy (non-hydrogen) atoms. The molecule has 0 aliphatic carbocycles. The molecule has 0 atom stereocenters. The van der Waals surface area contributed by atoms with Crippen LogP contribution >= 0.6 is 0 Å². The fraction of sp³-hybridized carbons (Fsp3) is 0.133. The first-order valence-electron chi connectivity index (χ1n) is 5.72. The zero-order chi connectivity index (χ0) is 13.8. The fourth-order valence-corrected chi connectivity index (χ4v) is 1.69. The number of benzene rings is 2. The number of aliphatic hydroxyl groups is 1. The molecule has 4 heteroatoms. The van der Waals surface area contributed by atoms with Crippen LogP contribution in [0.4, 0.5) is 4.39 Å². The summed E-state index contributed by atoms with van der Waals surface area (Å²) in [5, 5.41) is 17.7. The lowest BCUT2D eigenvalue weighted by Crippen LogP contribution is -1.92. The van der Waals surface area contributed by atoms with E-state index < -0.39 is 5.82 Å². The SMILES string of the molecule is Cc1cc(Oc2ccc(C#N)cc2F)ccc1CO. The third-order valence-electron chi connectivity index (χ3n) is 2.77. The van der Waals surface area contributed by atoms with E-state index in [2.05, 4.69) is 0 Å². The van der Waals surface area contributed by atoms with Gasteiger partial charge >= 0.3 is 0 Å². The lowest BCUT2D eigenvalue weighted by molar-refractivity contribution is 0.281. The van der Waals surface area contributed by atoms with E-state index >= 15 is 0 Å². The Labute approximate surface area is 110 Å². The first-order chi connectivity index (χ1) is 9.13. The second-order valence-corrected chi connectivity index (χ2v) is 4.11. The minimum Gasteiger partial charge on any atom is -0.454 e. The monoisotopic (exact) mass is 257 g/mol. The summed E-state index contributed by atoms with van der Waals surface area (Å²) in [5.74, 6) is -0.0311. The van der Waals surface area contributed by atoms with Crippen LogP contribution in [0.15, 0.2) is 36.4 Å². The van der Waals surface area contributed by atoms with Crippen LogP contribution in [0.2, 0.25) is 0 Å². The van der Waals surface area contributed by atoms with E-state index in [-0.39, 0.29) is 17.9 Å². The number of hydrogen-bond donors (Lipinski definition) is 1. The Morgan fingerprint density at radius 2 is 2.05 bits per heavy atom. The van der Waals surface area contributed by atoms with Crippen molar-refractivity contribution >= 4 is 0 Å². The lowest BCUT2D eigenvalue weighted by atomic mass is 10.1. The fourth-order valence-electron chi connectivity index (χ4n) is 1.69. The first-order valence-corrected chi connectivity index (χ1v) is 5.72. The molecule has 0 bridgehead atoms. The van der Waals surface area contributed by atoms with E-state index in [1.807, 2.05) is 13.0 Å². The minimum absolute atomic E-state index is 0.0443. The average molecular weight is 257 g/mol. The van der Waals surface area contributed by atoms with Gasteiger partial charge in [-0.3, -0.25) is 0 Å². The molecule has 0 aromatic heterocycles. The number of nitrogens with zero attached hydrogens (tertiary/aromatic N) is 1. The Morgan fingerprint density at radius 3 is 2.63 bits per heavy atom. The van der Waals surface area contributed by atoms with Gasteiger partial charge in [0, 0.05) is 0 Å². The van der Waals surface area contributed by atoms with E-state index in [1.165, 1.54) is 12.1 Å². The summed E-state index contributed by atoms with van der Waals surface area (Å²) in [6.45, 7) is 1.80. The zero-order valence-electron chi connectivity index (χ0n) is 10.4. The van der Waals surface area contributed by atoms with Crippen LogP contribution < -0.4 is 4.74 Å². The summed E-state index contributed by atoms with van der Waals surface area (Å²) >= 11 is 0. The van der Waals surface area contributed by atoms with E-state index in [1.54, 1.807) is 18.2 Å². The Bertz CT molecular complexity index is 647. The van der Waals surface area contributed by atoms with Crippen LogP contribution in [-0.2, 0) is 6.61 Å². The van der Waals surface area contributed by atoms with Crippen molar-refractivity contribution in [2.24, 2.45) is 0 Å². The van der Waals surface area contributed by atoms with E-state index in [4.69, 9.17) is 15.1 Å². The molecule has 0 radical (unpaired) electrons. The highest BCUT2D eigenvalue weighted by atomic mass is 19.1. The van der Waals surface area contributed by atoms with Crippen molar-refractivity contribution in [3.05, 3.63) is 58.9 Å². The summed E-state index contributed by atoms with van der Waals surface area (Å²) in [4.78, 5) is 0. The molecule has 2 rings (SSSR count). The van der Waals surface area contributed by atoms with Gasteiger partial charge in [0.15, 0.2) is 11.6 Å². The third-order valence-corrected chi connectivity index (χ3v) is 2.77. The molecular weight excluding hydrogens is 245 g/mol. The van der Waals surface area contributed by atoms with Crippen molar-refractivity contribution in [2.75, 3.05) is 0 Å². The quantitative estimate of drug-likeness (QED) is 0.917. The highest BCUT2D eigenvalue weighted by molar-refractivity contribution is 5.40. The topological polar surface area (TPSA) is 53.2 Å². The molecule has 0 aliphatic heterocycles. The van der Waals surface area contributed by atoms with Gasteiger partial charge in [-0.1, -0.05) is 6.07 Å². The van der Waals surface area contributed by atoms with Gasteiger partial charge in [-0.25, -0.2) is 4.39 Å². The maximum absolute atomic E-state index is 13.7. The van der Waals surface area contributed by atoms with Crippen LogP contribution in [0, 0.1) is 24.1 Å². The predicted octanol–water partition coefficient (Wildman–Crippen LogP) is 3.29. The number of ether oxygens (including phenoxy) is 1. The molecule has 0 unspecified atom stereocenters. The van der Waals surface area contributed by atoms with Gasteiger partial charge in [-0.05, 0) is 48.4 Å². The van der Waals surface area contributed by atoms with E-state index in [0.717, 1.165) is 17.2 Å². The van der Waals surface area contributed by atoms with Crippen molar-refractivity contribution in [1.82, 2.24) is 0 Å². The Balaban J connectivity index is 2.26. The molecule has 1 N–H and O–H groups in total. The van der Waals surface area contributed by atoms with Crippen molar-refractivity contribution in [3.63, 3.8) is 0 Å². The molecule has 2 aromatic rings. The molecule has 0 fully saturated rings. The normalized spacial score (nSPS) is 10.0. The van der Waals surface area contributed by atoms with Gasteiger partial charge in [0.25, 0.3) is 0 Å². The molecule has 0 amide bonds. The number of rotatable bonds is 3. The second kappa shape index (κ2) is 5.51. The van der Waals surface area contributed by atoms with Gasteiger partial charge in [0.1, 0.15) is 5.75 Å². The second-order valence-electron chi connectivity index (χ2n) is 4.11. The molecule has 2 aromatic carbocycles. The van der Waals surface area contributed by atoms with Gasteiger partial charge in [-0.2, -0.15) is 5.26 Å². The standard InChI is InChI=1S/C15H12FNO2/c1-10-6-13(4-3-12(10)9-18)19-15-5-2-11(8-17)7-14(15)16/h2-7,18H,9H2,1H3. The molecule has 0 spiro atoms. The number of hydrogen-bond acceptors (Lipinski definition) is 3. The number of halogens is 1. The number of aliphatic hydroxyl groups excluding tert-OH is 1. The number of aryl methyl sites for hydroxylation is 1. The summed E-state index contributed by atoms with van der Waals surface area (Å²) in [7, 11) is 0. The summed E-state index contributed by atoms with van der Waals surface area (Å²) < 4.78 is 19.1. The van der Waals surface area contributed by atoms with Crippen LogP contribution in [-0.4, -0.2) is 5.11 Å². The van der Waals surface area contributed by atoms with Crippen molar-refractivity contribution in [2.45, 2.75) is 13.5 Å². The van der Waals surface area contributed by atoms with Crippen molar-refractivity contribution in [1.29, 1.82) is 5.26 Å².